The molecule has 0 radical (unpaired) electrons. The Morgan fingerprint density at radius 2 is 1.71 bits per heavy atom. The highest BCUT2D eigenvalue weighted by Crippen LogP contribution is 2.72. The number of fused-ring (bicyclic) bond motifs is 1. The normalized spacial score (nSPS) is 30.6. The summed E-state index contributed by atoms with van der Waals surface area (Å²) in [5.74, 6) is 2.01. The van der Waals surface area contributed by atoms with Gasteiger partial charge in [-0.2, -0.15) is 0 Å². The molecule has 3 fully saturated rings. The fraction of sp³-hybridized carbons (Fsp3) is 0.450. The Morgan fingerprint density at radius 1 is 0.889 bits per heavy atom. The molecule has 4 atom stereocenters. The maximum Gasteiger partial charge on any atom is 0.340 e. The molecule has 1 saturated heterocycles. The van der Waals surface area contributed by atoms with Gasteiger partial charge in [0.15, 0.2) is 0 Å². The molecule has 1 spiro atoms. The van der Waals surface area contributed by atoms with Crippen LogP contribution in [0.4, 0.5) is 0 Å². The predicted molar refractivity (Wildman–Crippen MR) is 173 cm³/mol. The van der Waals surface area contributed by atoms with E-state index < -0.39 is 5.41 Å². The molecule has 7 aliphatic rings. The molecule has 5 nitrogen and oxygen atoms in total. The van der Waals surface area contributed by atoms with Crippen molar-refractivity contribution in [3.8, 4) is 16.9 Å². The van der Waals surface area contributed by atoms with Crippen molar-refractivity contribution < 1.29 is 24.2 Å². The maximum absolute atomic E-state index is 14.1. The van der Waals surface area contributed by atoms with E-state index in [1.807, 2.05) is 30.3 Å². The molecule has 5 heteroatoms. The van der Waals surface area contributed by atoms with Crippen LogP contribution >= 0.6 is 0 Å². The van der Waals surface area contributed by atoms with E-state index in [1.54, 1.807) is 6.07 Å². The smallest absolute Gasteiger partial charge is 0.340 e. The summed E-state index contributed by atoms with van der Waals surface area (Å²) in [5, 5.41) is 10.8. The first-order chi connectivity index (χ1) is 22.0. The molecule has 2 bridgehead atoms. The Hall–Kier alpha value is -3.86. The predicted octanol–water partition coefficient (Wildman–Crippen LogP) is 9.20. The number of benzene rings is 2. The summed E-state index contributed by atoms with van der Waals surface area (Å²) >= 11 is 0. The van der Waals surface area contributed by atoms with E-state index in [4.69, 9.17) is 9.47 Å². The van der Waals surface area contributed by atoms with Crippen molar-refractivity contribution in [2.24, 2.45) is 29.1 Å². The minimum Gasteiger partial charge on any atom is -0.508 e. The Bertz CT molecular complexity index is 1680. The van der Waals surface area contributed by atoms with Crippen LogP contribution in [0.15, 0.2) is 88.9 Å². The molecule has 45 heavy (non-hydrogen) atoms. The van der Waals surface area contributed by atoms with Crippen molar-refractivity contribution in [3.63, 3.8) is 0 Å². The van der Waals surface area contributed by atoms with Crippen LogP contribution in [0.3, 0.4) is 0 Å². The summed E-state index contributed by atoms with van der Waals surface area (Å²) in [6.45, 7) is 2.13. The molecule has 2 saturated carbocycles. The number of cyclic esters (lactones) is 2. The molecular weight excluding hydrogens is 560 g/mol. The number of phenolic OH excluding ortho intramolecular Hbond substituents is 1. The van der Waals surface area contributed by atoms with Crippen molar-refractivity contribution in [2.75, 3.05) is 0 Å². The van der Waals surface area contributed by atoms with Crippen LogP contribution in [0.5, 0.6) is 5.75 Å². The van der Waals surface area contributed by atoms with Gasteiger partial charge in [0.05, 0.1) is 11.0 Å². The molecule has 2 aromatic rings. The fourth-order valence-corrected chi connectivity index (χ4v) is 9.91. The van der Waals surface area contributed by atoms with Gasteiger partial charge in [-0.25, -0.2) is 9.59 Å². The summed E-state index contributed by atoms with van der Waals surface area (Å²) in [6.07, 6.45) is 16.8. The second-order valence-corrected chi connectivity index (χ2v) is 14.0. The SMILES string of the molecule is CCC/C=C1\OC(=O)C2=C(c3cc(O)ccc3-c3ccccc3)[C@@H]3CC[C@@]21[C@H]1C2=C(CC[C@@H]31)C(=CCCC1CCCC1)OC2=O. The molecule has 0 aromatic heterocycles. The molecule has 0 amide bonds. The average molecular weight is 603 g/mol. The van der Waals surface area contributed by atoms with Crippen LogP contribution in [0.2, 0.25) is 0 Å². The number of hydrogen-bond donors (Lipinski definition) is 1. The van der Waals surface area contributed by atoms with Crippen LogP contribution in [-0.2, 0) is 19.1 Å². The third-order valence-electron chi connectivity index (χ3n) is 11.7. The lowest BCUT2D eigenvalue weighted by Gasteiger charge is -2.56. The van der Waals surface area contributed by atoms with E-state index in [0.29, 0.717) is 5.57 Å². The van der Waals surface area contributed by atoms with E-state index in [2.05, 4.69) is 31.2 Å². The molecule has 232 valence electrons. The second kappa shape index (κ2) is 11.2. The van der Waals surface area contributed by atoms with E-state index >= 15 is 0 Å². The van der Waals surface area contributed by atoms with Crippen molar-refractivity contribution in [2.45, 2.75) is 84.0 Å². The number of phenols is 1. The topological polar surface area (TPSA) is 72.8 Å². The number of esters is 2. The third-order valence-corrected chi connectivity index (χ3v) is 11.7. The van der Waals surface area contributed by atoms with Crippen LogP contribution < -0.4 is 0 Å². The van der Waals surface area contributed by atoms with Gasteiger partial charge in [-0.05, 0) is 109 Å². The minimum atomic E-state index is -0.709. The molecule has 9 rings (SSSR count). The van der Waals surface area contributed by atoms with Gasteiger partial charge in [-0.1, -0.05) is 75.4 Å². The van der Waals surface area contributed by atoms with Gasteiger partial charge in [0, 0.05) is 17.1 Å². The monoisotopic (exact) mass is 602 g/mol. The quantitative estimate of drug-likeness (QED) is 0.320. The number of carbonyl (C=O) groups excluding carboxylic acids is 2. The van der Waals surface area contributed by atoms with Crippen molar-refractivity contribution in [3.05, 3.63) is 94.5 Å². The number of allylic oxidation sites excluding steroid dienone is 5. The van der Waals surface area contributed by atoms with Crippen molar-refractivity contribution in [1.29, 1.82) is 0 Å². The maximum atomic E-state index is 14.1. The highest BCUT2D eigenvalue weighted by Gasteiger charge is 2.68. The Labute approximate surface area is 265 Å². The molecule has 2 aliphatic heterocycles. The van der Waals surface area contributed by atoms with E-state index in [9.17, 15) is 14.7 Å². The van der Waals surface area contributed by atoms with E-state index in [0.717, 1.165) is 102 Å². The number of aromatic hydroxyl groups is 1. The number of carbonyl (C=O) groups is 2. The van der Waals surface area contributed by atoms with Crippen molar-refractivity contribution >= 4 is 17.5 Å². The van der Waals surface area contributed by atoms with Crippen LogP contribution in [0.1, 0.15) is 89.5 Å². The van der Waals surface area contributed by atoms with Gasteiger partial charge in [0.2, 0.25) is 0 Å². The summed E-state index contributed by atoms with van der Waals surface area (Å²) in [6, 6.07) is 15.7. The number of ether oxygens (including phenoxy) is 2. The molecule has 2 heterocycles. The molecular formula is C40H42O5. The van der Waals surface area contributed by atoms with E-state index in [1.165, 1.54) is 25.7 Å². The summed E-state index contributed by atoms with van der Waals surface area (Å²) in [4.78, 5) is 28.0. The first kappa shape index (κ1) is 28.6. The summed E-state index contributed by atoms with van der Waals surface area (Å²) in [7, 11) is 0. The van der Waals surface area contributed by atoms with Gasteiger partial charge in [0.25, 0.3) is 0 Å². The lowest BCUT2D eigenvalue weighted by Crippen LogP contribution is -2.52. The summed E-state index contributed by atoms with van der Waals surface area (Å²) < 4.78 is 12.3. The molecule has 1 N–H and O–H groups in total. The van der Waals surface area contributed by atoms with Gasteiger partial charge >= 0.3 is 11.9 Å². The lowest BCUT2D eigenvalue weighted by atomic mass is 9.44. The zero-order chi connectivity index (χ0) is 30.7. The van der Waals surface area contributed by atoms with Gasteiger partial charge < -0.3 is 14.6 Å². The van der Waals surface area contributed by atoms with Gasteiger partial charge in [0.1, 0.15) is 17.3 Å². The first-order valence-corrected chi connectivity index (χ1v) is 17.2. The fourth-order valence-electron chi connectivity index (χ4n) is 9.91. The first-order valence-electron chi connectivity index (χ1n) is 17.2. The molecule has 5 aliphatic carbocycles. The number of hydrogen-bond acceptors (Lipinski definition) is 5. The van der Waals surface area contributed by atoms with E-state index in [-0.39, 0.29) is 35.4 Å². The standard InChI is InChI=1S/C40H42O5/c1-2-3-16-33-40-22-21-28(29-19-20-30-32(44-38(42)35(30)36(29)40)15-9-12-24-10-7-8-11-24)34(37(40)39(43)45-33)31-23-26(41)17-18-27(31)25-13-5-4-6-14-25/h4-6,13-18,23-24,28-29,36,41H,2-3,7-12,19-22H2,1H3/b32-15?,33-16-/t28-,29+,36-,40-/m1/s1. The molecule has 0 unspecified atom stereocenters. The Morgan fingerprint density at radius 3 is 2.51 bits per heavy atom. The number of unbranched alkanes of at least 4 members (excludes halogenated alkanes) is 1. The van der Waals surface area contributed by atoms with Crippen LogP contribution in [-0.4, -0.2) is 17.0 Å². The Balaban J connectivity index is 1.30. The minimum absolute atomic E-state index is 0.0754. The van der Waals surface area contributed by atoms with Crippen LogP contribution in [0.25, 0.3) is 16.7 Å². The van der Waals surface area contributed by atoms with Crippen molar-refractivity contribution in [1.82, 2.24) is 0 Å². The highest BCUT2D eigenvalue weighted by atomic mass is 16.5. The second-order valence-electron chi connectivity index (χ2n) is 14.0. The summed E-state index contributed by atoms with van der Waals surface area (Å²) in [5.41, 5.74) is 5.79. The van der Waals surface area contributed by atoms with Crippen LogP contribution in [0, 0.1) is 29.1 Å². The third kappa shape index (κ3) is 4.40. The Kier molecular flexibility index (Phi) is 7.11. The lowest BCUT2D eigenvalue weighted by molar-refractivity contribution is -0.135. The average Bonchev–Trinajstić information content (AvgIpc) is 3.77. The van der Waals surface area contributed by atoms with Gasteiger partial charge in [-0.3, -0.25) is 0 Å². The highest BCUT2D eigenvalue weighted by molar-refractivity contribution is 6.07. The number of rotatable bonds is 7. The zero-order valence-corrected chi connectivity index (χ0v) is 26.1. The largest absolute Gasteiger partial charge is 0.508 e. The zero-order valence-electron chi connectivity index (χ0n) is 26.1. The molecule has 2 aromatic carbocycles. The van der Waals surface area contributed by atoms with Gasteiger partial charge in [-0.15, -0.1) is 0 Å².